The van der Waals surface area contributed by atoms with Crippen molar-refractivity contribution in [1.82, 2.24) is 0 Å². The molecule has 0 aromatic heterocycles. The van der Waals surface area contributed by atoms with Gasteiger partial charge in [0.15, 0.2) is 0 Å². The Bertz CT molecular complexity index is 1070. The number of ether oxygens (including phenoxy) is 5. The van der Waals surface area contributed by atoms with E-state index >= 15 is 4.39 Å². The fourth-order valence-electron chi connectivity index (χ4n) is 4.08. The fraction of sp³-hybridized carbons (Fsp3) is 0.345. The highest BCUT2D eigenvalue weighted by Crippen LogP contribution is 2.31. The lowest BCUT2D eigenvalue weighted by Crippen LogP contribution is -2.60. The predicted octanol–water partition coefficient (Wildman–Crippen LogP) is 5.22. The Morgan fingerprint density at radius 2 is 1.14 bits per heavy atom. The van der Waals surface area contributed by atoms with Gasteiger partial charge in [0.2, 0.25) is 6.36 Å². The zero-order valence-corrected chi connectivity index (χ0v) is 21.0. The molecule has 0 radical (unpaired) electrons. The number of rotatable bonds is 12. The first-order valence-electron chi connectivity index (χ1n) is 12.1. The van der Waals surface area contributed by atoms with Gasteiger partial charge >= 0.3 is 5.97 Å². The van der Waals surface area contributed by atoms with Gasteiger partial charge in [0, 0.05) is 0 Å². The Kier molecular flexibility index (Phi) is 10.5. The second kappa shape index (κ2) is 14.2. The number of carbonyl (C=O) groups is 1. The first-order chi connectivity index (χ1) is 18.1. The number of alkyl halides is 2. The highest BCUT2D eigenvalue weighted by atomic mass is 35.5. The van der Waals surface area contributed by atoms with Crippen LogP contribution in [0.1, 0.15) is 16.7 Å². The van der Waals surface area contributed by atoms with Crippen LogP contribution in [0.25, 0.3) is 0 Å². The van der Waals surface area contributed by atoms with E-state index in [1.54, 1.807) is 0 Å². The molecule has 6 nitrogen and oxygen atoms in total. The summed E-state index contributed by atoms with van der Waals surface area (Å²) in [5.74, 6) is -0.954. The maximum Gasteiger partial charge on any atom is 0.320 e. The maximum atomic E-state index is 15.5. The molecule has 3 aromatic carbocycles. The van der Waals surface area contributed by atoms with Crippen molar-refractivity contribution in [2.75, 3.05) is 12.5 Å². The van der Waals surface area contributed by atoms with Gasteiger partial charge in [-0.15, -0.1) is 11.6 Å². The van der Waals surface area contributed by atoms with Gasteiger partial charge in [0.1, 0.15) is 36.9 Å². The third kappa shape index (κ3) is 8.09. The first kappa shape index (κ1) is 27.2. The van der Waals surface area contributed by atoms with Gasteiger partial charge in [0.25, 0.3) is 0 Å². The van der Waals surface area contributed by atoms with Gasteiger partial charge in [-0.1, -0.05) is 91.0 Å². The summed E-state index contributed by atoms with van der Waals surface area (Å²) in [6.07, 6.45) is -5.48. The van der Waals surface area contributed by atoms with Crippen LogP contribution in [0.15, 0.2) is 91.0 Å². The van der Waals surface area contributed by atoms with Gasteiger partial charge in [-0.2, -0.15) is 0 Å². The Hall–Kier alpha value is -2.81. The van der Waals surface area contributed by atoms with Crippen LogP contribution in [0, 0.1) is 0 Å². The highest BCUT2D eigenvalue weighted by molar-refractivity contribution is 6.26. The minimum atomic E-state index is -1.83. The zero-order chi connectivity index (χ0) is 25.9. The van der Waals surface area contributed by atoms with Crippen molar-refractivity contribution in [3.8, 4) is 0 Å². The molecule has 3 aromatic rings. The summed E-state index contributed by atoms with van der Waals surface area (Å²) < 4.78 is 44.9. The predicted molar refractivity (Wildman–Crippen MR) is 137 cm³/mol. The summed E-state index contributed by atoms with van der Waals surface area (Å²) in [6, 6.07) is 28.6. The molecular formula is C29H30ClFO6. The number of hydrogen-bond donors (Lipinski definition) is 0. The topological polar surface area (TPSA) is 63.2 Å². The van der Waals surface area contributed by atoms with E-state index in [-0.39, 0.29) is 32.3 Å². The van der Waals surface area contributed by atoms with E-state index in [1.807, 2.05) is 91.0 Å². The molecule has 4 rings (SSSR count). The summed E-state index contributed by atoms with van der Waals surface area (Å²) >= 11 is 5.58. The van der Waals surface area contributed by atoms with E-state index in [2.05, 4.69) is 0 Å². The van der Waals surface area contributed by atoms with E-state index in [1.165, 1.54) is 0 Å². The monoisotopic (exact) mass is 528 g/mol. The number of esters is 1. The van der Waals surface area contributed by atoms with Gasteiger partial charge < -0.3 is 23.7 Å². The van der Waals surface area contributed by atoms with E-state index in [0.717, 1.165) is 16.7 Å². The maximum absolute atomic E-state index is 15.5. The molecule has 5 atom stereocenters. The molecule has 0 amide bonds. The molecule has 0 N–H and O–H groups in total. The number of halogens is 2. The van der Waals surface area contributed by atoms with Crippen LogP contribution in [0.5, 0.6) is 0 Å². The molecule has 196 valence electrons. The van der Waals surface area contributed by atoms with Crippen LogP contribution >= 0.6 is 11.6 Å². The van der Waals surface area contributed by atoms with Gasteiger partial charge in [0.05, 0.1) is 19.8 Å². The molecule has 1 aliphatic heterocycles. The van der Waals surface area contributed by atoms with Gasteiger partial charge in [-0.25, -0.2) is 4.39 Å². The van der Waals surface area contributed by atoms with Crippen LogP contribution in [0.2, 0.25) is 0 Å². The van der Waals surface area contributed by atoms with Gasteiger partial charge in [-0.05, 0) is 16.7 Å². The van der Waals surface area contributed by atoms with Crippen LogP contribution in [0.3, 0.4) is 0 Å². The standard InChI is InChI=1S/C29H30ClFO6/c30-16-25(32)33-20-24-26(34-17-21-10-4-1-5-11-21)27(35-18-22-12-6-2-7-13-22)28(29(31)37-24)36-19-23-14-8-3-9-15-23/h1-15,24,26-29H,16-20H2/t24-,26+,27+,28-,29+/m1/s1. The van der Waals surface area contributed by atoms with Crippen LogP contribution in [-0.2, 0) is 48.3 Å². The van der Waals surface area contributed by atoms with Crippen LogP contribution < -0.4 is 0 Å². The van der Waals surface area contributed by atoms with E-state index in [4.69, 9.17) is 35.3 Å². The average molecular weight is 529 g/mol. The van der Waals surface area contributed by atoms with Crippen molar-refractivity contribution in [2.45, 2.75) is 50.6 Å². The molecule has 1 aliphatic rings. The highest BCUT2D eigenvalue weighted by Gasteiger charge is 2.49. The molecule has 0 bridgehead atoms. The van der Waals surface area contributed by atoms with Crippen molar-refractivity contribution < 1.29 is 32.9 Å². The number of hydrogen-bond acceptors (Lipinski definition) is 6. The Labute approximate surface area is 221 Å². The van der Waals surface area contributed by atoms with Crippen molar-refractivity contribution in [3.63, 3.8) is 0 Å². The lowest BCUT2D eigenvalue weighted by atomic mass is 9.98. The summed E-state index contributed by atoms with van der Waals surface area (Å²) in [6.45, 7) is 0.366. The first-order valence-corrected chi connectivity index (χ1v) is 12.6. The molecule has 0 unspecified atom stereocenters. The molecule has 1 heterocycles. The normalized spacial score (nSPS) is 23.5. The van der Waals surface area contributed by atoms with E-state index in [0.29, 0.717) is 0 Å². The second-order valence-electron chi connectivity index (χ2n) is 8.63. The zero-order valence-electron chi connectivity index (χ0n) is 20.3. The van der Waals surface area contributed by atoms with Crippen molar-refractivity contribution >= 4 is 17.6 Å². The molecule has 1 fully saturated rings. The second-order valence-corrected chi connectivity index (χ2v) is 8.89. The Morgan fingerprint density at radius 3 is 1.59 bits per heavy atom. The third-order valence-electron chi connectivity index (χ3n) is 5.95. The molecule has 8 heteroatoms. The summed E-state index contributed by atoms with van der Waals surface area (Å²) in [5, 5.41) is 0. The molecule has 0 saturated carbocycles. The van der Waals surface area contributed by atoms with Crippen LogP contribution in [0.4, 0.5) is 4.39 Å². The van der Waals surface area contributed by atoms with Crippen LogP contribution in [-0.4, -0.2) is 49.2 Å². The molecule has 0 aliphatic carbocycles. The van der Waals surface area contributed by atoms with E-state index in [9.17, 15) is 4.79 Å². The smallest absolute Gasteiger partial charge is 0.320 e. The minimum absolute atomic E-state index is 0.164. The summed E-state index contributed by atoms with van der Waals surface area (Å²) in [7, 11) is 0. The number of benzene rings is 3. The lowest BCUT2D eigenvalue weighted by Gasteiger charge is -2.43. The largest absolute Gasteiger partial charge is 0.462 e. The van der Waals surface area contributed by atoms with Crippen molar-refractivity contribution in [3.05, 3.63) is 108 Å². The minimum Gasteiger partial charge on any atom is -0.462 e. The van der Waals surface area contributed by atoms with Gasteiger partial charge in [-0.3, -0.25) is 4.79 Å². The Balaban J connectivity index is 1.57. The Morgan fingerprint density at radius 1 is 0.703 bits per heavy atom. The third-order valence-corrected chi connectivity index (χ3v) is 6.17. The lowest BCUT2D eigenvalue weighted by molar-refractivity contribution is -0.297. The molecular weight excluding hydrogens is 499 g/mol. The van der Waals surface area contributed by atoms with E-state index < -0.39 is 36.7 Å². The molecule has 0 spiro atoms. The quantitative estimate of drug-likeness (QED) is 0.237. The summed E-state index contributed by atoms with van der Waals surface area (Å²) in [5.41, 5.74) is 2.72. The average Bonchev–Trinajstić information content (AvgIpc) is 2.95. The van der Waals surface area contributed by atoms with Crippen molar-refractivity contribution in [2.24, 2.45) is 0 Å². The molecule has 37 heavy (non-hydrogen) atoms. The fourth-order valence-corrected chi connectivity index (χ4v) is 4.16. The number of carbonyl (C=O) groups excluding carboxylic acids is 1. The summed E-state index contributed by atoms with van der Waals surface area (Å²) in [4.78, 5) is 11.7. The SMILES string of the molecule is O=C(CCl)OC[C@H]1O[C@H](F)[C@H](OCc2ccccc2)[C@@H](OCc2ccccc2)[C@H]1OCc1ccccc1. The van der Waals surface area contributed by atoms with Crippen molar-refractivity contribution in [1.29, 1.82) is 0 Å². The molecule has 1 saturated heterocycles.